The van der Waals surface area contributed by atoms with Gasteiger partial charge in [0.15, 0.2) is 0 Å². The molecule has 0 N–H and O–H groups in total. The van der Waals surface area contributed by atoms with Gasteiger partial charge in [-0.05, 0) is 70.4 Å². The number of fused-ring (bicyclic) bond motifs is 8. The van der Waals surface area contributed by atoms with Crippen LogP contribution in [0.1, 0.15) is 5.48 Å². The number of hydrogen-bond donors (Lipinski definition) is 0. The highest BCUT2D eigenvalue weighted by molar-refractivity contribution is 6.25. The van der Waals surface area contributed by atoms with Gasteiger partial charge in [-0.15, -0.1) is 0 Å². The Labute approximate surface area is 248 Å². The molecule has 0 aliphatic heterocycles. The number of benzene rings is 7. The van der Waals surface area contributed by atoms with Crippen LogP contribution < -0.4 is 0 Å². The van der Waals surface area contributed by atoms with Crippen LogP contribution in [0, 0.1) is 0 Å². The molecular weight excluding hydrogens is 508 g/mol. The smallest absolute Gasteiger partial charge is 0.0645 e. The van der Waals surface area contributed by atoms with Gasteiger partial charge in [-0.1, -0.05) is 109 Å². The van der Waals surface area contributed by atoms with Crippen molar-refractivity contribution in [2.24, 2.45) is 0 Å². The lowest BCUT2D eigenvalue weighted by Crippen LogP contribution is -1.95. The molecule has 2 aromatic heterocycles. The molecule has 0 unspecified atom stereocenters. The van der Waals surface area contributed by atoms with E-state index in [-0.39, 0.29) is 29.9 Å². The van der Waals surface area contributed by atoms with Crippen LogP contribution in [-0.4, -0.2) is 9.13 Å². The molecule has 9 rings (SSSR count). The Bertz CT molecular complexity index is 2640. The zero-order valence-electron chi connectivity index (χ0n) is 26.6. The van der Waals surface area contributed by atoms with Crippen LogP contribution in [-0.2, 0) is 0 Å². The lowest BCUT2D eigenvalue weighted by molar-refractivity contribution is 1.16. The van der Waals surface area contributed by atoms with Crippen molar-refractivity contribution in [2.75, 3.05) is 0 Å². The van der Waals surface area contributed by atoms with E-state index in [0.29, 0.717) is 11.1 Å². The van der Waals surface area contributed by atoms with Gasteiger partial charge in [0.25, 0.3) is 0 Å². The standard InChI is InChI=1S/C40H26N2/c1-3-11-27(12-4-1)28-19-22-31(23-20-28)41-36-18-10-9-17-33(36)34-25-35-39(26-38(34)41)42(30-14-5-2-6-15-30)37-24-21-29-13-7-8-16-32(29)40(35)37/h1-26H/i19D,20D,22D,23D. The molecule has 0 bridgehead atoms. The van der Waals surface area contributed by atoms with Gasteiger partial charge in [-0.3, -0.25) is 0 Å². The van der Waals surface area contributed by atoms with Gasteiger partial charge < -0.3 is 9.13 Å². The number of aromatic nitrogens is 2. The molecule has 0 radical (unpaired) electrons. The van der Waals surface area contributed by atoms with Crippen molar-refractivity contribution < 1.29 is 5.48 Å². The first-order valence-corrected chi connectivity index (χ1v) is 14.1. The summed E-state index contributed by atoms with van der Waals surface area (Å²) in [5, 5.41) is 6.62. The van der Waals surface area contributed by atoms with Crippen LogP contribution in [0.5, 0.6) is 0 Å². The monoisotopic (exact) mass is 538 g/mol. The van der Waals surface area contributed by atoms with Crippen molar-refractivity contribution >= 4 is 54.4 Å². The first kappa shape index (κ1) is 19.5. The van der Waals surface area contributed by atoms with E-state index in [4.69, 9.17) is 2.74 Å². The number of nitrogens with zero attached hydrogens (tertiary/aromatic N) is 2. The number of para-hydroxylation sites is 2. The highest BCUT2D eigenvalue weighted by Crippen LogP contribution is 2.41. The minimum absolute atomic E-state index is 0.0564. The van der Waals surface area contributed by atoms with E-state index in [2.05, 4.69) is 71.3 Å². The summed E-state index contributed by atoms with van der Waals surface area (Å²) >= 11 is 0. The molecule has 0 spiro atoms. The summed E-state index contributed by atoms with van der Waals surface area (Å²) in [5.41, 5.74) is 6.01. The third-order valence-electron chi connectivity index (χ3n) is 8.36. The molecule has 9 aromatic rings. The van der Waals surface area contributed by atoms with Gasteiger partial charge in [0.1, 0.15) is 0 Å². The first-order valence-electron chi connectivity index (χ1n) is 16.1. The Kier molecular flexibility index (Phi) is 4.15. The fraction of sp³-hybridized carbons (Fsp3) is 0. The van der Waals surface area contributed by atoms with E-state index >= 15 is 0 Å². The second kappa shape index (κ2) is 8.95. The maximum atomic E-state index is 9.25. The van der Waals surface area contributed by atoms with E-state index in [1.807, 2.05) is 71.3 Å². The van der Waals surface area contributed by atoms with Crippen molar-refractivity contribution in [1.29, 1.82) is 0 Å². The van der Waals surface area contributed by atoms with Gasteiger partial charge in [0.05, 0.1) is 27.5 Å². The first-order chi connectivity index (χ1) is 22.5. The molecule has 0 fully saturated rings. The largest absolute Gasteiger partial charge is 0.309 e. The lowest BCUT2D eigenvalue weighted by Gasteiger charge is -2.11. The minimum atomic E-state index is -0.0720. The molecule has 2 nitrogen and oxygen atoms in total. The molecular formula is C40H26N2. The summed E-state index contributed by atoms with van der Waals surface area (Å²) in [6.45, 7) is 0. The summed E-state index contributed by atoms with van der Waals surface area (Å²) in [7, 11) is 0. The van der Waals surface area contributed by atoms with Crippen molar-refractivity contribution in [3.8, 4) is 22.5 Å². The molecule has 0 amide bonds. The third kappa shape index (κ3) is 3.33. The van der Waals surface area contributed by atoms with Crippen molar-refractivity contribution in [3.05, 3.63) is 158 Å². The van der Waals surface area contributed by atoms with Gasteiger partial charge in [-0.25, -0.2) is 0 Å². The number of rotatable bonds is 3. The minimum Gasteiger partial charge on any atom is -0.309 e. The Hall–Kier alpha value is -5.60. The highest BCUT2D eigenvalue weighted by atomic mass is 15.0. The molecule has 42 heavy (non-hydrogen) atoms. The third-order valence-corrected chi connectivity index (χ3v) is 8.36. The van der Waals surface area contributed by atoms with E-state index in [1.54, 1.807) is 0 Å². The predicted molar refractivity (Wildman–Crippen MR) is 178 cm³/mol. The normalized spacial score (nSPS) is 13.1. The molecule has 196 valence electrons. The van der Waals surface area contributed by atoms with Crippen molar-refractivity contribution in [3.63, 3.8) is 0 Å². The molecule has 2 heteroatoms. The summed E-state index contributed by atoms with van der Waals surface area (Å²) in [5.74, 6) is 0. The quantitative estimate of drug-likeness (QED) is 0.212. The van der Waals surface area contributed by atoms with E-state index in [1.165, 1.54) is 16.2 Å². The van der Waals surface area contributed by atoms with Crippen molar-refractivity contribution in [1.82, 2.24) is 9.13 Å². The highest BCUT2D eigenvalue weighted by Gasteiger charge is 2.19. The number of hydrogen-bond acceptors (Lipinski definition) is 0. The Morgan fingerprint density at radius 2 is 1.02 bits per heavy atom. The van der Waals surface area contributed by atoms with Crippen LogP contribution >= 0.6 is 0 Å². The lowest BCUT2D eigenvalue weighted by atomic mass is 10.0. The van der Waals surface area contributed by atoms with Crippen molar-refractivity contribution in [2.45, 2.75) is 0 Å². The zero-order chi connectivity index (χ0) is 31.1. The molecule has 0 atom stereocenters. The van der Waals surface area contributed by atoms with Crippen LogP contribution in [0.4, 0.5) is 0 Å². The summed E-state index contributed by atoms with van der Waals surface area (Å²) in [4.78, 5) is 0. The Morgan fingerprint density at radius 3 is 1.83 bits per heavy atom. The fourth-order valence-corrected chi connectivity index (χ4v) is 6.51. The maximum Gasteiger partial charge on any atom is 0.0645 e. The summed E-state index contributed by atoms with van der Waals surface area (Å²) in [6.07, 6.45) is 0. The van der Waals surface area contributed by atoms with E-state index < -0.39 is 0 Å². The summed E-state index contributed by atoms with van der Waals surface area (Å²) < 4.78 is 40.8. The van der Waals surface area contributed by atoms with Gasteiger partial charge >= 0.3 is 0 Å². The SMILES string of the molecule is [2H]c1c([2H])c(-n2c3ccccc3c3cc4c5c6ccccc6ccc5n(-c5ccccc5)c4cc32)c([2H])c([2H])c1-c1ccccc1. The second-order valence-corrected chi connectivity index (χ2v) is 10.7. The van der Waals surface area contributed by atoms with Crippen LogP contribution in [0.3, 0.4) is 0 Å². The molecule has 2 heterocycles. The zero-order valence-corrected chi connectivity index (χ0v) is 22.6. The van der Waals surface area contributed by atoms with Crippen LogP contribution in [0.15, 0.2) is 158 Å². The average molecular weight is 539 g/mol. The maximum absolute atomic E-state index is 9.25. The topological polar surface area (TPSA) is 9.86 Å². The Balaban J connectivity index is 1.46. The Morgan fingerprint density at radius 1 is 0.381 bits per heavy atom. The van der Waals surface area contributed by atoms with Gasteiger partial charge in [0.2, 0.25) is 0 Å². The molecule has 0 saturated heterocycles. The average Bonchev–Trinajstić information content (AvgIpc) is 3.60. The second-order valence-electron chi connectivity index (χ2n) is 10.7. The van der Waals surface area contributed by atoms with E-state index in [0.717, 1.165) is 43.9 Å². The molecule has 7 aromatic carbocycles. The van der Waals surface area contributed by atoms with Crippen LogP contribution in [0.2, 0.25) is 0 Å². The van der Waals surface area contributed by atoms with Crippen LogP contribution in [0.25, 0.3) is 76.9 Å². The van der Waals surface area contributed by atoms with E-state index in [9.17, 15) is 2.74 Å². The fourth-order valence-electron chi connectivity index (χ4n) is 6.51. The molecule has 0 aliphatic carbocycles. The predicted octanol–water partition coefficient (Wildman–Crippen LogP) is 10.7. The molecule has 0 aliphatic rings. The van der Waals surface area contributed by atoms with Gasteiger partial charge in [-0.2, -0.15) is 0 Å². The molecule has 0 saturated carbocycles. The van der Waals surface area contributed by atoms with Gasteiger partial charge in [0, 0.05) is 32.9 Å². The summed E-state index contributed by atoms with van der Waals surface area (Å²) in [6, 6.07) is 44.6.